The van der Waals surface area contributed by atoms with Crippen molar-refractivity contribution in [3.05, 3.63) is 72.1 Å². The van der Waals surface area contributed by atoms with E-state index in [1.807, 2.05) is 27.9 Å². The number of H-pyrrole nitrogens is 1. The minimum atomic E-state index is 0.101. The van der Waals surface area contributed by atoms with Crippen LogP contribution < -0.4 is 15.3 Å². The second-order valence-corrected chi connectivity index (χ2v) is 8.06. The number of fused-ring (bicyclic) bond motifs is 1. The molecule has 1 aromatic carbocycles. The maximum absolute atomic E-state index is 5.57. The summed E-state index contributed by atoms with van der Waals surface area (Å²) in [4.78, 5) is 7.20. The van der Waals surface area contributed by atoms with Gasteiger partial charge >= 0.3 is 0 Å². The number of aromatic amines is 1. The van der Waals surface area contributed by atoms with Gasteiger partial charge in [-0.05, 0) is 24.6 Å². The summed E-state index contributed by atoms with van der Waals surface area (Å²) in [5.74, 6) is 1.81. The van der Waals surface area contributed by atoms with Crippen molar-refractivity contribution < 1.29 is 4.74 Å². The molecule has 4 aromatic rings. The number of anilines is 2. The van der Waals surface area contributed by atoms with E-state index in [-0.39, 0.29) is 6.04 Å². The van der Waals surface area contributed by atoms with E-state index in [0.29, 0.717) is 13.2 Å². The van der Waals surface area contributed by atoms with E-state index in [0.717, 1.165) is 41.8 Å². The van der Waals surface area contributed by atoms with Crippen LogP contribution in [0.5, 0.6) is 0 Å². The number of morpholine rings is 1. The van der Waals surface area contributed by atoms with Crippen LogP contribution in [-0.4, -0.2) is 51.1 Å². The van der Waals surface area contributed by atoms with Crippen molar-refractivity contribution in [3.63, 3.8) is 0 Å². The molecule has 0 amide bonds. The van der Waals surface area contributed by atoms with Gasteiger partial charge in [-0.25, -0.2) is 10.4 Å². The molecule has 9 nitrogen and oxygen atoms in total. The molecule has 2 aliphatic heterocycles. The molecule has 32 heavy (non-hydrogen) atoms. The second-order valence-electron chi connectivity index (χ2n) is 8.06. The van der Waals surface area contributed by atoms with Crippen molar-refractivity contribution in [2.24, 2.45) is 0 Å². The number of aromatic nitrogens is 5. The Hall–Kier alpha value is -3.69. The maximum Gasteiger partial charge on any atom is 0.160 e. The first kappa shape index (κ1) is 19.0. The van der Waals surface area contributed by atoms with Crippen LogP contribution in [-0.2, 0) is 4.74 Å². The van der Waals surface area contributed by atoms with Gasteiger partial charge in [0.25, 0.3) is 0 Å². The fraction of sp³-hybridized carbons (Fsp3) is 0.261. The first-order chi connectivity index (χ1) is 15.7. The molecule has 0 saturated carbocycles. The van der Waals surface area contributed by atoms with Crippen LogP contribution in [0.3, 0.4) is 0 Å². The summed E-state index contributed by atoms with van der Waals surface area (Å²) in [6.45, 7) is 5.13. The molecular weight excluding hydrogens is 404 g/mol. The average molecular weight is 428 g/mol. The lowest BCUT2D eigenvalue weighted by molar-refractivity contribution is 0.122. The highest BCUT2D eigenvalue weighted by Crippen LogP contribution is 2.29. The van der Waals surface area contributed by atoms with Crippen LogP contribution in [0.4, 0.5) is 11.6 Å². The predicted molar refractivity (Wildman–Crippen MR) is 122 cm³/mol. The molecule has 5 heterocycles. The van der Waals surface area contributed by atoms with Crippen LogP contribution in [0.15, 0.2) is 60.9 Å². The van der Waals surface area contributed by atoms with E-state index in [1.54, 1.807) is 6.20 Å². The van der Waals surface area contributed by atoms with Crippen LogP contribution in [0.1, 0.15) is 17.2 Å². The van der Waals surface area contributed by atoms with E-state index >= 15 is 0 Å². The van der Waals surface area contributed by atoms with Gasteiger partial charge in [-0.15, -0.1) is 0 Å². The van der Waals surface area contributed by atoms with Crippen LogP contribution in [0.25, 0.3) is 17.0 Å². The number of nitrogens with one attached hydrogen (secondary N) is 2. The molecular formula is C23H24N8O. The summed E-state index contributed by atoms with van der Waals surface area (Å²) in [6.07, 6.45) is 5.99. The Bertz CT molecular complexity index is 1270. The molecule has 2 aliphatic rings. The number of hydrazine groups is 1. The van der Waals surface area contributed by atoms with Crippen LogP contribution in [0.2, 0.25) is 0 Å². The number of rotatable bonds is 4. The molecule has 0 radical (unpaired) electrons. The lowest BCUT2D eigenvalue weighted by Crippen LogP contribution is -2.38. The minimum absolute atomic E-state index is 0.101. The summed E-state index contributed by atoms with van der Waals surface area (Å²) >= 11 is 0. The van der Waals surface area contributed by atoms with Gasteiger partial charge in [0.2, 0.25) is 0 Å². The van der Waals surface area contributed by atoms with Gasteiger partial charge in [-0.1, -0.05) is 29.8 Å². The maximum atomic E-state index is 5.57. The molecule has 1 unspecified atom stereocenters. The first-order valence-electron chi connectivity index (χ1n) is 10.8. The molecule has 0 bridgehead atoms. The Balaban J connectivity index is 1.38. The molecule has 162 valence electrons. The number of aryl methyl sites for hydroxylation is 1. The fourth-order valence-corrected chi connectivity index (χ4v) is 4.21. The Morgan fingerprint density at radius 3 is 2.78 bits per heavy atom. The largest absolute Gasteiger partial charge is 0.378 e. The van der Waals surface area contributed by atoms with Gasteiger partial charge in [-0.3, -0.25) is 10.1 Å². The molecule has 1 fully saturated rings. The van der Waals surface area contributed by atoms with Gasteiger partial charge < -0.3 is 9.64 Å². The van der Waals surface area contributed by atoms with Crippen LogP contribution >= 0.6 is 0 Å². The third-order valence-electron chi connectivity index (χ3n) is 5.85. The highest BCUT2D eigenvalue weighted by atomic mass is 16.5. The topological polar surface area (TPSA) is 86.6 Å². The minimum Gasteiger partial charge on any atom is -0.378 e. The van der Waals surface area contributed by atoms with Crippen molar-refractivity contribution in [1.82, 2.24) is 30.2 Å². The van der Waals surface area contributed by atoms with Gasteiger partial charge in [0.05, 0.1) is 19.3 Å². The molecule has 2 N–H and O–H groups in total. The summed E-state index contributed by atoms with van der Waals surface area (Å²) in [6, 6.07) is 14.6. The summed E-state index contributed by atoms with van der Waals surface area (Å²) in [5, 5.41) is 13.9. The summed E-state index contributed by atoms with van der Waals surface area (Å²) in [7, 11) is 0. The van der Waals surface area contributed by atoms with Crippen molar-refractivity contribution in [2.45, 2.75) is 13.0 Å². The van der Waals surface area contributed by atoms with Gasteiger partial charge in [0, 0.05) is 37.6 Å². The summed E-state index contributed by atoms with van der Waals surface area (Å²) in [5.41, 5.74) is 8.38. The van der Waals surface area contributed by atoms with E-state index in [4.69, 9.17) is 14.8 Å². The molecule has 1 atom stereocenters. The predicted octanol–water partition coefficient (Wildman–Crippen LogP) is 2.84. The van der Waals surface area contributed by atoms with Crippen molar-refractivity contribution in [1.29, 1.82) is 0 Å². The smallest absolute Gasteiger partial charge is 0.160 e. The lowest BCUT2D eigenvalue weighted by Gasteiger charge is -2.29. The Morgan fingerprint density at radius 2 is 1.97 bits per heavy atom. The number of benzene rings is 1. The first-order valence-corrected chi connectivity index (χ1v) is 10.8. The molecule has 1 saturated heterocycles. The fourth-order valence-electron chi connectivity index (χ4n) is 4.21. The quantitative estimate of drug-likeness (QED) is 0.517. The van der Waals surface area contributed by atoms with E-state index in [2.05, 4.69) is 63.9 Å². The molecule has 0 spiro atoms. The Morgan fingerprint density at radius 1 is 1.06 bits per heavy atom. The highest BCUT2D eigenvalue weighted by molar-refractivity contribution is 5.66. The number of hydrogen-bond acceptors (Lipinski definition) is 7. The zero-order chi connectivity index (χ0) is 21.5. The highest BCUT2D eigenvalue weighted by Gasteiger charge is 2.23. The normalized spacial score (nSPS) is 18.7. The second kappa shape index (κ2) is 7.77. The standard InChI is InChI=1S/C23H24N8O/c1-16-3-2-4-17(13-16)18-6-8-30(27-18)21-15-23(29-9-11-32-12-10-29)31-22(25-21)14-20(28-31)19-5-7-24-26-19/h2-8,13-15,18,27H,9-12H2,1H3,(H,24,26). The zero-order valence-electron chi connectivity index (χ0n) is 17.8. The monoisotopic (exact) mass is 428 g/mol. The van der Waals surface area contributed by atoms with Crippen molar-refractivity contribution in [3.8, 4) is 11.4 Å². The Labute approximate surface area is 185 Å². The van der Waals surface area contributed by atoms with Crippen LogP contribution in [0, 0.1) is 6.92 Å². The number of nitrogens with zero attached hydrogens (tertiary/aromatic N) is 6. The van der Waals surface area contributed by atoms with E-state index < -0.39 is 0 Å². The third kappa shape index (κ3) is 3.41. The van der Waals surface area contributed by atoms with Crippen molar-refractivity contribution >= 4 is 17.3 Å². The average Bonchev–Trinajstić information content (AvgIpc) is 3.59. The van der Waals surface area contributed by atoms with Gasteiger partial charge in [0.1, 0.15) is 17.2 Å². The SMILES string of the molecule is Cc1cccc(C2C=CN(c3cc(N4CCOCC4)n4nc(-c5cc[nH]n5)cc4n3)N2)c1. The van der Waals surface area contributed by atoms with Gasteiger partial charge in [0.15, 0.2) is 11.5 Å². The summed E-state index contributed by atoms with van der Waals surface area (Å²) < 4.78 is 7.46. The molecule has 0 aliphatic carbocycles. The van der Waals surface area contributed by atoms with E-state index in [9.17, 15) is 0 Å². The lowest BCUT2D eigenvalue weighted by atomic mass is 10.1. The van der Waals surface area contributed by atoms with Gasteiger partial charge in [-0.2, -0.15) is 14.7 Å². The third-order valence-corrected chi connectivity index (χ3v) is 5.85. The molecule has 9 heteroatoms. The molecule has 6 rings (SSSR count). The number of ether oxygens (including phenoxy) is 1. The Kier molecular flexibility index (Phi) is 4.62. The molecule has 3 aromatic heterocycles. The van der Waals surface area contributed by atoms with E-state index in [1.165, 1.54) is 11.1 Å². The van der Waals surface area contributed by atoms with Crippen molar-refractivity contribution in [2.75, 3.05) is 36.2 Å². The number of hydrogen-bond donors (Lipinski definition) is 2. The zero-order valence-corrected chi connectivity index (χ0v) is 17.8.